The van der Waals surface area contributed by atoms with Gasteiger partial charge >= 0.3 is 5.97 Å². The van der Waals surface area contributed by atoms with Crippen molar-refractivity contribution in [2.75, 3.05) is 7.11 Å². The molecule has 5 heteroatoms. The second-order valence-corrected chi connectivity index (χ2v) is 10.9. The minimum Gasteiger partial charge on any atom is -0.497 e. The zero-order valence-electron chi connectivity index (χ0n) is 20.1. The molecule has 2 saturated heterocycles. The van der Waals surface area contributed by atoms with Gasteiger partial charge in [-0.2, -0.15) is 0 Å². The third-order valence-electron chi connectivity index (χ3n) is 8.93. The Morgan fingerprint density at radius 1 is 0.939 bits per heavy atom. The number of nitrogens with zero attached hydrogens (tertiary/aromatic N) is 1. The van der Waals surface area contributed by atoms with Crippen LogP contribution >= 0.6 is 0 Å². The van der Waals surface area contributed by atoms with Gasteiger partial charge in [-0.3, -0.25) is 4.79 Å². The number of likely N-dealkylation sites (tertiary alicyclic amines) is 1. The van der Waals surface area contributed by atoms with Crippen molar-refractivity contribution < 1.29 is 19.1 Å². The van der Waals surface area contributed by atoms with Gasteiger partial charge in [-0.25, -0.2) is 4.79 Å². The van der Waals surface area contributed by atoms with E-state index in [-0.39, 0.29) is 17.8 Å². The number of hydrogen-bond acceptors (Lipinski definition) is 4. The van der Waals surface area contributed by atoms with Gasteiger partial charge in [-0.15, -0.1) is 0 Å². The lowest BCUT2D eigenvalue weighted by Gasteiger charge is -2.48. The molecular weight excluding hydrogens is 414 g/mol. The minimum atomic E-state index is -0.602. The van der Waals surface area contributed by atoms with Gasteiger partial charge < -0.3 is 14.4 Å². The zero-order valence-corrected chi connectivity index (χ0v) is 20.1. The monoisotopic (exact) mass is 453 g/mol. The van der Waals surface area contributed by atoms with Crippen LogP contribution in [0.5, 0.6) is 5.75 Å². The second-order valence-electron chi connectivity index (χ2n) is 10.9. The van der Waals surface area contributed by atoms with E-state index >= 15 is 0 Å². The Labute approximate surface area is 198 Å². The van der Waals surface area contributed by atoms with Crippen molar-refractivity contribution >= 4 is 11.9 Å². The average molecular weight is 454 g/mol. The van der Waals surface area contributed by atoms with Crippen LogP contribution in [-0.2, 0) is 20.9 Å². The van der Waals surface area contributed by atoms with E-state index in [1.54, 1.807) is 7.11 Å². The Balaban J connectivity index is 1.37. The molecule has 33 heavy (non-hydrogen) atoms. The van der Waals surface area contributed by atoms with Crippen molar-refractivity contribution in [3.63, 3.8) is 0 Å². The summed E-state index contributed by atoms with van der Waals surface area (Å²) in [7, 11) is 1.65. The molecule has 2 saturated carbocycles. The summed E-state index contributed by atoms with van der Waals surface area (Å²) in [6.45, 7) is 0.467. The van der Waals surface area contributed by atoms with Crippen molar-refractivity contribution in [3.05, 3.63) is 29.8 Å². The van der Waals surface area contributed by atoms with Gasteiger partial charge in [-0.1, -0.05) is 76.3 Å². The summed E-state index contributed by atoms with van der Waals surface area (Å²) in [5, 5.41) is 0. The summed E-state index contributed by atoms with van der Waals surface area (Å²) in [5.41, 5.74) is 0.429. The molecule has 0 spiro atoms. The molecule has 2 aliphatic heterocycles. The molecule has 4 fully saturated rings. The fourth-order valence-electron chi connectivity index (χ4n) is 7.05. The Hall–Kier alpha value is -2.04. The van der Waals surface area contributed by atoms with E-state index in [1.807, 2.05) is 29.2 Å². The van der Waals surface area contributed by atoms with Crippen molar-refractivity contribution in [2.24, 2.45) is 17.8 Å². The van der Waals surface area contributed by atoms with Crippen molar-refractivity contribution in [1.82, 2.24) is 4.90 Å². The highest BCUT2D eigenvalue weighted by Crippen LogP contribution is 2.53. The number of carbonyl (C=O) groups excluding carboxylic acids is 2. The van der Waals surface area contributed by atoms with Crippen LogP contribution in [0.2, 0.25) is 0 Å². The molecule has 2 aliphatic carbocycles. The predicted molar refractivity (Wildman–Crippen MR) is 127 cm³/mol. The number of benzene rings is 1. The first-order chi connectivity index (χ1) is 16.1. The number of fused-ring (bicyclic) bond motifs is 1. The molecule has 0 aromatic heterocycles. The maximum absolute atomic E-state index is 13.8. The van der Waals surface area contributed by atoms with Gasteiger partial charge in [0.1, 0.15) is 5.75 Å². The number of hydrogen-bond donors (Lipinski definition) is 0. The summed E-state index contributed by atoms with van der Waals surface area (Å²) in [6, 6.07) is 7.42. The summed E-state index contributed by atoms with van der Waals surface area (Å²) in [6.07, 6.45) is 15.6. The van der Waals surface area contributed by atoms with Crippen LogP contribution in [0.1, 0.15) is 89.0 Å². The number of esters is 1. The molecule has 2 heterocycles. The summed E-state index contributed by atoms with van der Waals surface area (Å²) in [4.78, 5) is 28.5. The maximum atomic E-state index is 13.8. The summed E-state index contributed by atoms with van der Waals surface area (Å²) < 4.78 is 11.3. The molecule has 3 unspecified atom stereocenters. The van der Waals surface area contributed by atoms with Crippen molar-refractivity contribution in [1.29, 1.82) is 0 Å². The van der Waals surface area contributed by atoms with Gasteiger partial charge in [0.15, 0.2) is 11.6 Å². The van der Waals surface area contributed by atoms with Crippen LogP contribution in [0, 0.1) is 17.8 Å². The normalized spacial score (nSPS) is 30.6. The van der Waals surface area contributed by atoms with Crippen LogP contribution in [-0.4, -0.2) is 35.5 Å². The van der Waals surface area contributed by atoms with Gasteiger partial charge in [0.05, 0.1) is 13.0 Å². The first kappa shape index (κ1) is 22.7. The molecule has 5 nitrogen and oxygen atoms in total. The van der Waals surface area contributed by atoms with E-state index in [9.17, 15) is 9.59 Å². The zero-order chi connectivity index (χ0) is 22.8. The Morgan fingerprint density at radius 2 is 1.58 bits per heavy atom. The van der Waals surface area contributed by atoms with Crippen molar-refractivity contribution in [2.45, 2.75) is 102 Å². The molecule has 0 N–H and O–H groups in total. The molecule has 0 radical (unpaired) electrons. The minimum absolute atomic E-state index is 0.135. The lowest BCUT2D eigenvalue weighted by molar-refractivity contribution is -0.214. The number of amides is 1. The third kappa shape index (κ3) is 4.40. The van der Waals surface area contributed by atoms with Crippen LogP contribution in [0.25, 0.3) is 0 Å². The third-order valence-corrected chi connectivity index (χ3v) is 8.93. The Morgan fingerprint density at radius 3 is 2.18 bits per heavy atom. The molecule has 3 atom stereocenters. The average Bonchev–Trinajstić information content (AvgIpc) is 3.02. The van der Waals surface area contributed by atoms with Crippen LogP contribution in [0.3, 0.4) is 0 Å². The van der Waals surface area contributed by atoms with E-state index < -0.39 is 11.6 Å². The first-order valence-corrected chi connectivity index (χ1v) is 13.3. The lowest BCUT2D eigenvalue weighted by atomic mass is 9.70. The topological polar surface area (TPSA) is 55.8 Å². The van der Waals surface area contributed by atoms with E-state index in [1.165, 1.54) is 64.2 Å². The van der Waals surface area contributed by atoms with Gasteiger partial charge in [-0.05, 0) is 48.8 Å². The fraction of sp³-hybridized carbons (Fsp3) is 0.714. The van der Waals surface area contributed by atoms with E-state index in [0.717, 1.165) is 30.6 Å². The molecule has 1 aromatic carbocycles. The summed E-state index contributed by atoms with van der Waals surface area (Å²) >= 11 is 0. The van der Waals surface area contributed by atoms with Crippen molar-refractivity contribution in [3.8, 4) is 5.75 Å². The highest BCUT2D eigenvalue weighted by Gasteiger charge is 2.71. The smallest absolute Gasteiger partial charge is 0.333 e. The molecule has 180 valence electrons. The van der Waals surface area contributed by atoms with Gasteiger partial charge in [0.25, 0.3) is 0 Å². The quantitative estimate of drug-likeness (QED) is 0.477. The first-order valence-electron chi connectivity index (χ1n) is 13.3. The Kier molecular flexibility index (Phi) is 6.67. The second kappa shape index (κ2) is 9.68. The molecule has 1 amide bonds. The number of ether oxygens (including phenoxy) is 2. The molecule has 0 bridgehead atoms. The highest BCUT2D eigenvalue weighted by atomic mass is 16.6. The van der Waals surface area contributed by atoms with E-state index in [0.29, 0.717) is 18.4 Å². The van der Waals surface area contributed by atoms with Crippen LogP contribution in [0.4, 0.5) is 0 Å². The largest absolute Gasteiger partial charge is 0.497 e. The van der Waals surface area contributed by atoms with Crippen LogP contribution in [0.15, 0.2) is 24.3 Å². The number of methoxy groups -OCH3 is 1. The fourth-order valence-corrected chi connectivity index (χ4v) is 7.05. The lowest BCUT2D eigenvalue weighted by Crippen LogP contribution is -2.65. The molecule has 1 aromatic rings. The maximum Gasteiger partial charge on any atom is 0.333 e. The van der Waals surface area contributed by atoms with Gasteiger partial charge in [0, 0.05) is 6.54 Å². The van der Waals surface area contributed by atoms with E-state index in [2.05, 4.69) is 0 Å². The van der Waals surface area contributed by atoms with Gasteiger partial charge in [0.2, 0.25) is 5.91 Å². The van der Waals surface area contributed by atoms with Crippen LogP contribution < -0.4 is 4.74 Å². The summed E-state index contributed by atoms with van der Waals surface area (Å²) in [5.74, 6) is 1.86. The highest BCUT2D eigenvalue weighted by molar-refractivity contribution is 5.97. The predicted octanol–water partition coefficient (Wildman–Crippen LogP) is 5.65. The van der Waals surface area contributed by atoms with E-state index in [4.69, 9.17) is 9.47 Å². The molecular formula is C28H39NO4. The number of carbonyl (C=O) groups is 2. The number of rotatable bonds is 8. The Bertz CT molecular complexity index is 840. The molecule has 5 rings (SSSR count). The SMILES string of the molecule is COc1ccc(CN2C(=O)C(CC3CCCCC3)C3(CCC4CCCCC4)OC(=O)C23)cc1. The standard InChI is InChI=1S/C28H39NO4/c1-32-23-14-12-22(13-15-23)19-29-25-27(31)33-28(25,17-16-20-8-4-2-5-9-20)24(26(29)30)18-21-10-6-3-7-11-21/h12-15,20-21,24-25H,2-11,16-19H2,1H3. The molecule has 4 aliphatic rings.